The maximum Gasteiger partial charge on any atom is 0.129 e. The first-order chi connectivity index (χ1) is 12.6. The number of nitrogens with zero attached hydrogens (tertiary/aromatic N) is 4. The maximum absolute atomic E-state index is 6.00. The summed E-state index contributed by atoms with van der Waals surface area (Å²) < 4.78 is 0. The van der Waals surface area contributed by atoms with E-state index in [0.717, 1.165) is 44.4 Å². The van der Waals surface area contributed by atoms with Gasteiger partial charge in [0.15, 0.2) is 0 Å². The van der Waals surface area contributed by atoms with E-state index in [-0.39, 0.29) is 0 Å². The van der Waals surface area contributed by atoms with Crippen LogP contribution in [0.25, 0.3) is 0 Å². The molecule has 26 heavy (non-hydrogen) atoms. The average molecular weight is 389 g/mol. The highest BCUT2D eigenvalue weighted by atomic mass is 35.5. The van der Waals surface area contributed by atoms with Crippen molar-refractivity contribution in [1.29, 1.82) is 0 Å². The lowest BCUT2D eigenvalue weighted by Gasteiger charge is -2.37. The Hall–Kier alpha value is -1.75. The lowest BCUT2D eigenvalue weighted by atomic mass is 10.1. The summed E-state index contributed by atoms with van der Waals surface area (Å²) in [6, 6.07) is 12.1. The van der Waals surface area contributed by atoms with Crippen LogP contribution < -0.4 is 0 Å². The molecule has 0 spiro atoms. The van der Waals surface area contributed by atoms with Gasteiger partial charge in [0.25, 0.3) is 0 Å². The van der Waals surface area contributed by atoms with Gasteiger partial charge in [-0.3, -0.25) is 4.90 Å². The summed E-state index contributed by atoms with van der Waals surface area (Å²) in [6.07, 6.45) is 1.87. The highest BCUT2D eigenvalue weighted by Gasteiger charge is 2.31. The summed E-state index contributed by atoms with van der Waals surface area (Å²) in [7, 11) is 0. The predicted octanol–water partition coefficient (Wildman–Crippen LogP) is 4.21. The van der Waals surface area contributed by atoms with Gasteiger partial charge in [0.2, 0.25) is 0 Å². The van der Waals surface area contributed by atoms with E-state index in [4.69, 9.17) is 23.2 Å². The Kier molecular flexibility index (Phi) is 5.07. The molecule has 3 heterocycles. The number of pyridine rings is 1. The first kappa shape index (κ1) is 17.7. The zero-order valence-electron chi connectivity index (χ0n) is 14.8. The van der Waals surface area contributed by atoms with Gasteiger partial charge in [-0.15, -0.1) is 0 Å². The first-order valence-electron chi connectivity index (χ1n) is 8.85. The molecular weight excluding hydrogens is 367 g/mol. The third-order valence-corrected chi connectivity index (χ3v) is 5.41. The van der Waals surface area contributed by atoms with Gasteiger partial charge >= 0.3 is 0 Å². The van der Waals surface area contributed by atoms with E-state index in [1.54, 1.807) is 0 Å². The summed E-state index contributed by atoms with van der Waals surface area (Å²) in [6.45, 7) is 8.13. The Morgan fingerprint density at radius 3 is 2.46 bits per heavy atom. The minimum atomic E-state index is 0.544. The molecule has 1 aromatic heterocycles. The zero-order chi connectivity index (χ0) is 18.1. The number of hydrogen-bond donors (Lipinski definition) is 0. The van der Waals surface area contributed by atoms with Crippen molar-refractivity contribution in [3.8, 4) is 0 Å². The molecule has 4 nitrogen and oxygen atoms in total. The summed E-state index contributed by atoms with van der Waals surface area (Å²) >= 11 is 11.9. The third kappa shape index (κ3) is 3.83. The summed E-state index contributed by atoms with van der Waals surface area (Å²) in [5.41, 5.74) is 3.92. The van der Waals surface area contributed by atoms with Crippen LogP contribution in [0.15, 0.2) is 54.0 Å². The minimum Gasteiger partial charge on any atom is -0.352 e. The fraction of sp³-hybridized carbons (Fsp3) is 0.350. The van der Waals surface area contributed by atoms with Gasteiger partial charge < -0.3 is 9.80 Å². The molecule has 0 N–H and O–H groups in total. The highest BCUT2D eigenvalue weighted by Crippen LogP contribution is 2.29. The van der Waals surface area contributed by atoms with Crippen molar-refractivity contribution in [2.24, 2.45) is 0 Å². The van der Waals surface area contributed by atoms with E-state index < -0.39 is 0 Å². The Morgan fingerprint density at radius 1 is 0.962 bits per heavy atom. The average Bonchev–Trinajstić information content (AvgIpc) is 3.02. The fourth-order valence-electron chi connectivity index (χ4n) is 3.86. The highest BCUT2D eigenvalue weighted by molar-refractivity contribution is 6.30. The van der Waals surface area contributed by atoms with Gasteiger partial charge in [-0.2, -0.15) is 0 Å². The minimum absolute atomic E-state index is 0.544. The molecule has 0 aliphatic carbocycles. The van der Waals surface area contributed by atoms with Crippen LogP contribution in [0.5, 0.6) is 0 Å². The SMILES string of the molecule is CC1=C2N(Cc3ccc(Cl)nc3)CCN2CN(Cc2ccc(Cl)cc2)C1. The van der Waals surface area contributed by atoms with Crippen molar-refractivity contribution < 1.29 is 0 Å². The molecule has 136 valence electrons. The molecule has 4 rings (SSSR count). The Labute approximate surface area is 164 Å². The molecule has 2 aromatic rings. The maximum atomic E-state index is 6.00. The Bertz CT molecular complexity index is 802. The topological polar surface area (TPSA) is 22.6 Å². The lowest BCUT2D eigenvalue weighted by molar-refractivity contribution is 0.145. The molecule has 2 aliphatic heterocycles. The van der Waals surface area contributed by atoms with Crippen molar-refractivity contribution in [2.75, 3.05) is 26.3 Å². The number of fused-ring (bicyclic) bond motifs is 1. The summed E-state index contributed by atoms with van der Waals surface area (Å²) in [5, 5.41) is 1.33. The molecule has 0 unspecified atom stereocenters. The molecule has 2 aliphatic rings. The number of halogens is 2. The lowest BCUT2D eigenvalue weighted by Crippen LogP contribution is -2.42. The monoisotopic (exact) mass is 388 g/mol. The molecule has 1 fully saturated rings. The summed E-state index contributed by atoms with van der Waals surface area (Å²) in [4.78, 5) is 11.6. The Balaban J connectivity index is 1.45. The van der Waals surface area contributed by atoms with Crippen LogP contribution in [0, 0.1) is 0 Å². The van der Waals surface area contributed by atoms with Crippen LogP contribution in [0.1, 0.15) is 18.1 Å². The fourth-order valence-corrected chi connectivity index (χ4v) is 4.09. The van der Waals surface area contributed by atoms with Crippen LogP contribution in [0.2, 0.25) is 10.2 Å². The van der Waals surface area contributed by atoms with Gasteiger partial charge in [-0.05, 0) is 41.8 Å². The van der Waals surface area contributed by atoms with Gasteiger partial charge in [0.05, 0.1) is 6.67 Å². The van der Waals surface area contributed by atoms with Gasteiger partial charge in [0, 0.05) is 43.9 Å². The predicted molar refractivity (Wildman–Crippen MR) is 106 cm³/mol. The second-order valence-electron chi connectivity index (χ2n) is 7.03. The van der Waals surface area contributed by atoms with Crippen molar-refractivity contribution in [3.05, 3.63) is 75.3 Å². The molecular formula is C20H22Cl2N4. The second kappa shape index (κ2) is 7.47. The largest absolute Gasteiger partial charge is 0.352 e. The van der Waals surface area contributed by atoms with E-state index in [2.05, 4.69) is 44.8 Å². The third-order valence-electron chi connectivity index (χ3n) is 4.93. The van der Waals surface area contributed by atoms with Crippen LogP contribution in [-0.4, -0.2) is 46.0 Å². The zero-order valence-corrected chi connectivity index (χ0v) is 16.3. The van der Waals surface area contributed by atoms with Crippen molar-refractivity contribution >= 4 is 23.2 Å². The Morgan fingerprint density at radius 2 is 1.73 bits per heavy atom. The number of hydrogen-bond acceptors (Lipinski definition) is 4. The van der Waals surface area contributed by atoms with Gasteiger partial charge in [-0.1, -0.05) is 41.4 Å². The molecule has 0 radical (unpaired) electrons. The van der Waals surface area contributed by atoms with Crippen molar-refractivity contribution in [2.45, 2.75) is 20.0 Å². The van der Waals surface area contributed by atoms with E-state index in [1.807, 2.05) is 24.4 Å². The van der Waals surface area contributed by atoms with Crippen LogP contribution in [-0.2, 0) is 13.1 Å². The number of aromatic nitrogens is 1. The molecule has 6 heteroatoms. The van der Waals surface area contributed by atoms with Crippen LogP contribution in [0.4, 0.5) is 0 Å². The normalized spacial score (nSPS) is 17.8. The molecule has 0 saturated carbocycles. The first-order valence-corrected chi connectivity index (χ1v) is 9.61. The summed E-state index contributed by atoms with van der Waals surface area (Å²) in [5.74, 6) is 1.38. The molecule has 1 saturated heterocycles. The van der Waals surface area contributed by atoms with E-state index in [0.29, 0.717) is 5.15 Å². The van der Waals surface area contributed by atoms with E-state index >= 15 is 0 Å². The molecule has 0 bridgehead atoms. The molecule has 0 atom stereocenters. The van der Waals surface area contributed by atoms with Crippen LogP contribution in [0.3, 0.4) is 0 Å². The molecule has 1 aromatic carbocycles. The quantitative estimate of drug-likeness (QED) is 0.731. The van der Waals surface area contributed by atoms with Crippen LogP contribution >= 0.6 is 23.2 Å². The smallest absolute Gasteiger partial charge is 0.129 e. The standard InChI is InChI=1S/C20H22Cl2N4/c1-15-11-24(12-16-2-5-18(21)6-3-16)14-26-9-8-25(20(15)26)13-17-4-7-19(22)23-10-17/h2-7,10H,8-9,11-14H2,1H3. The van der Waals surface area contributed by atoms with E-state index in [9.17, 15) is 0 Å². The van der Waals surface area contributed by atoms with E-state index in [1.165, 1.54) is 22.5 Å². The number of benzene rings is 1. The molecule has 0 amide bonds. The van der Waals surface area contributed by atoms with Crippen molar-refractivity contribution in [1.82, 2.24) is 19.7 Å². The van der Waals surface area contributed by atoms with Crippen molar-refractivity contribution in [3.63, 3.8) is 0 Å². The van der Waals surface area contributed by atoms with Gasteiger partial charge in [-0.25, -0.2) is 4.98 Å². The second-order valence-corrected chi connectivity index (χ2v) is 7.86. The number of rotatable bonds is 4. The van der Waals surface area contributed by atoms with Gasteiger partial charge in [0.1, 0.15) is 11.0 Å².